The minimum absolute atomic E-state index is 0.0532. The molecule has 4 heterocycles. The van der Waals surface area contributed by atoms with Gasteiger partial charge in [-0.05, 0) is 47.6 Å². The van der Waals surface area contributed by atoms with Crippen LogP contribution < -0.4 is 10.2 Å². The first-order valence-electron chi connectivity index (χ1n) is 12.0. The van der Waals surface area contributed by atoms with Gasteiger partial charge < -0.3 is 19.5 Å². The van der Waals surface area contributed by atoms with Crippen molar-refractivity contribution >= 4 is 17.1 Å². The Kier molecular flexibility index (Phi) is 6.21. The number of amides is 1. The molecule has 1 aromatic carbocycles. The molecule has 1 aliphatic rings. The van der Waals surface area contributed by atoms with Gasteiger partial charge in [-0.15, -0.1) is 0 Å². The number of nitrogens with one attached hydrogen (secondary N) is 1. The van der Waals surface area contributed by atoms with Crippen LogP contribution in [-0.2, 0) is 16.7 Å². The van der Waals surface area contributed by atoms with Gasteiger partial charge in [0, 0.05) is 32.3 Å². The number of anilines is 1. The predicted octanol–water partition coefficient (Wildman–Crippen LogP) is 3.54. The standard InChI is InChI=1S/C26H31N7O3/c1-16-8-20(21(26(2,3)4)9-17(16)11-27-24(34)25-29-15-31-36-25)23-22-10-18(12-33(22)30-14-28-23)32-7-6-19(13-32)35-5/h8-10,12,14-15,19H,6-7,11,13H2,1-5H3,(H,27,34). The molecule has 10 nitrogen and oxygen atoms in total. The first-order valence-corrected chi connectivity index (χ1v) is 12.0. The van der Waals surface area contributed by atoms with Crippen molar-refractivity contribution in [1.82, 2.24) is 30.1 Å². The predicted molar refractivity (Wildman–Crippen MR) is 135 cm³/mol. The topological polar surface area (TPSA) is 111 Å². The van der Waals surface area contributed by atoms with Crippen LogP contribution in [0.3, 0.4) is 0 Å². The van der Waals surface area contributed by atoms with Gasteiger partial charge in [0.1, 0.15) is 6.33 Å². The minimum atomic E-state index is -0.399. The molecule has 0 aliphatic carbocycles. The van der Waals surface area contributed by atoms with Crippen LogP contribution in [0.1, 0.15) is 54.6 Å². The van der Waals surface area contributed by atoms with E-state index >= 15 is 0 Å². The molecule has 0 saturated carbocycles. The summed E-state index contributed by atoms with van der Waals surface area (Å²) in [5.41, 5.74) is 7.05. The Morgan fingerprint density at radius 1 is 1.22 bits per heavy atom. The highest BCUT2D eigenvalue weighted by molar-refractivity contribution is 5.89. The lowest BCUT2D eigenvalue weighted by Gasteiger charge is -2.25. The van der Waals surface area contributed by atoms with E-state index in [0.717, 1.165) is 58.7 Å². The summed E-state index contributed by atoms with van der Waals surface area (Å²) in [7, 11) is 1.77. The third kappa shape index (κ3) is 4.56. The van der Waals surface area contributed by atoms with Gasteiger partial charge in [-0.2, -0.15) is 10.1 Å². The number of rotatable bonds is 6. The molecule has 1 fully saturated rings. The Balaban J connectivity index is 1.52. The van der Waals surface area contributed by atoms with Crippen molar-refractivity contribution in [3.63, 3.8) is 0 Å². The van der Waals surface area contributed by atoms with Crippen LogP contribution >= 0.6 is 0 Å². The van der Waals surface area contributed by atoms with Crippen LogP contribution in [-0.4, -0.2) is 56.9 Å². The normalized spacial score (nSPS) is 16.1. The Labute approximate surface area is 209 Å². The molecule has 188 valence electrons. The molecule has 1 amide bonds. The van der Waals surface area contributed by atoms with Crippen LogP contribution in [0.2, 0.25) is 0 Å². The van der Waals surface area contributed by atoms with E-state index in [1.807, 2.05) is 11.4 Å². The zero-order valence-corrected chi connectivity index (χ0v) is 21.3. The Morgan fingerprint density at radius 2 is 2.06 bits per heavy atom. The number of aryl methyl sites for hydroxylation is 1. The minimum Gasteiger partial charge on any atom is -0.380 e. The van der Waals surface area contributed by atoms with Crippen molar-refractivity contribution in [2.45, 2.75) is 52.2 Å². The van der Waals surface area contributed by atoms with Crippen molar-refractivity contribution in [2.24, 2.45) is 0 Å². The van der Waals surface area contributed by atoms with E-state index in [0.29, 0.717) is 6.54 Å². The Hall–Kier alpha value is -3.79. The van der Waals surface area contributed by atoms with E-state index in [9.17, 15) is 4.79 Å². The fourth-order valence-electron chi connectivity index (χ4n) is 4.74. The van der Waals surface area contributed by atoms with Crippen molar-refractivity contribution < 1.29 is 14.1 Å². The molecule has 5 rings (SSSR count). The number of carbonyl (C=O) groups is 1. The van der Waals surface area contributed by atoms with Crippen LogP contribution in [0.15, 0.2) is 41.6 Å². The zero-order chi connectivity index (χ0) is 25.4. The van der Waals surface area contributed by atoms with E-state index in [-0.39, 0.29) is 17.4 Å². The molecule has 36 heavy (non-hydrogen) atoms. The van der Waals surface area contributed by atoms with Gasteiger partial charge in [0.25, 0.3) is 0 Å². The average molecular weight is 490 g/mol. The number of methoxy groups -OCH3 is 1. The van der Waals surface area contributed by atoms with Gasteiger partial charge in [0.15, 0.2) is 6.33 Å². The van der Waals surface area contributed by atoms with Crippen molar-refractivity contribution in [1.29, 1.82) is 0 Å². The smallest absolute Gasteiger partial charge is 0.315 e. The molecule has 0 spiro atoms. The number of hydrogen-bond acceptors (Lipinski definition) is 8. The van der Waals surface area contributed by atoms with Gasteiger partial charge in [-0.1, -0.05) is 32.0 Å². The molecule has 1 unspecified atom stereocenters. The summed E-state index contributed by atoms with van der Waals surface area (Å²) in [6.07, 6.45) is 6.14. The molecule has 1 saturated heterocycles. The molecule has 10 heteroatoms. The van der Waals surface area contributed by atoms with Gasteiger partial charge in [-0.3, -0.25) is 4.79 Å². The third-order valence-corrected chi connectivity index (χ3v) is 6.77. The molecule has 4 aromatic rings. The number of aromatic nitrogens is 5. The average Bonchev–Trinajstić information content (AvgIpc) is 3.61. The maximum Gasteiger partial charge on any atom is 0.315 e. The van der Waals surface area contributed by atoms with Crippen molar-refractivity contribution in [3.05, 3.63) is 59.6 Å². The fourth-order valence-corrected chi connectivity index (χ4v) is 4.74. The van der Waals surface area contributed by atoms with E-state index in [2.05, 4.69) is 70.6 Å². The first kappa shape index (κ1) is 23.9. The first-order chi connectivity index (χ1) is 17.2. The van der Waals surface area contributed by atoms with Gasteiger partial charge >= 0.3 is 11.8 Å². The maximum absolute atomic E-state index is 12.3. The zero-order valence-electron chi connectivity index (χ0n) is 21.3. The van der Waals surface area contributed by atoms with Crippen molar-refractivity contribution in [2.75, 3.05) is 25.1 Å². The Bertz CT molecular complexity index is 1390. The number of nitrogens with zero attached hydrogens (tertiary/aromatic N) is 6. The number of carbonyl (C=O) groups excluding carboxylic acids is 1. The molecule has 3 aromatic heterocycles. The van der Waals surface area contributed by atoms with Crippen LogP contribution in [0, 0.1) is 6.92 Å². The van der Waals surface area contributed by atoms with Gasteiger partial charge in [0.2, 0.25) is 0 Å². The summed E-state index contributed by atoms with van der Waals surface area (Å²) in [4.78, 5) is 23.2. The van der Waals surface area contributed by atoms with E-state index in [1.54, 1.807) is 13.4 Å². The number of benzene rings is 1. The van der Waals surface area contributed by atoms with Gasteiger partial charge in [0.05, 0.1) is 29.2 Å². The second kappa shape index (κ2) is 9.34. The number of hydrogen-bond donors (Lipinski definition) is 1. The molecule has 0 bridgehead atoms. The second-order valence-electron chi connectivity index (χ2n) is 10.2. The van der Waals surface area contributed by atoms with E-state index < -0.39 is 5.91 Å². The third-order valence-electron chi connectivity index (χ3n) is 6.77. The fraction of sp³-hybridized carbons (Fsp3) is 0.423. The summed E-state index contributed by atoms with van der Waals surface area (Å²) in [6, 6.07) is 6.47. The second-order valence-corrected chi connectivity index (χ2v) is 10.2. The highest BCUT2D eigenvalue weighted by atomic mass is 16.5. The van der Waals surface area contributed by atoms with Crippen LogP contribution in [0.5, 0.6) is 0 Å². The summed E-state index contributed by atoms with van der Waals surface area (Å²) in [5.74, 6) is -0.452. The monoisotopic (exact) mass is 489 g/mol. The van der Waals surface area contributed by atoms with Crippen LogP contribution in [0.25, 0.3) is 16.8 Å². The SMILES string of the molecule is COC1CCN(c2cc3c(-c4cc(C)c(CNC(=O)c5ncno5)cc4C(C)(C)C)ncnn3c2)C1. The highest BCUT2D eigenvalue weighted by Crippen LogP contribution is 2.37. The summed E-state index contributed by atoms with van der Waals surface area (Å²) >= 11 is 0. The number of ether oxygens (including phenoxy) is 1. The molecule has 1 atom stereocenters. The summed E-state index contributed by atoms with van der Waals surface area (Å²) in [5, 5.41) is 10.9. The summed E-state index contributed by atoms with van der Waals surface area (Å²) < 4.78 is 12.3. The highest BCUT2D eigenvalue weighted by Gasteiger charge is 2.26. The molecule has 1 N–H and O–H groups in total. The van der Waals surface area contributed by atoms with E-state index in [1.165, 1.54) is 6.33 Å². The number of fused-ring (bicyclic) bond motifs is 1. The summed E-state index contributed by atoms with van der Waals surface area (Å²) in [6.45, 7) is 10.7. The lowest BCUT2D eigenvalue weighted by molar-refractivity contribution is 0.0907. The lowest BCUT2D eigenvalue weighted by Crippen LogP contribution is -2.24. The molecular weight excluding hydrogens is 458 g/mol. The van der Waals surface area contributed by atoms with E-state index in [4.69, 9.17) is 14.2 Å². The van der Waals surface area contributed by atoms with Crippen LogP contribution in [0.4, 0.5) is 5.69 Å². The lowest BCUT2D eigenvalue weighted by atomic mass is 9.80. The molecule has 0 radical (unpaired) electrons. The molecular formula is C26H31N7O3. The quantitative estimate of drug-likeness (QED) is 0.438. The molecule has 1 aliphatic heterocycles. The Morgan fingerprint density at radius 3 is 2.75 bits per heavy atom. The van der Waals surface area contributed by atoms with Crippen molar-refractivity contribution in [3.8, 4) is 11.3 Å². The van der Waals surface area contributed by atoms with Gasteiger partial charge in [-0.25, -0.2) is 9.50 Å². The largest absolute Gasteiger partial charge is 0.380 e. The maximum atomic E-state index is 12.3.